The molecule has 78 valence electrons. The number of imidazole rings is 1. The monoisotopic (exact) mass is 207 g/mol. The number of nitrogens with zero attached hydrogens (tertiary/aromatic N) is 1. The average molecular weight is 207 g/mol. The Morgan fingerprint density at radius 2 is 2.29 bits per heavy atom. The molecular formula is C7H8F3N3O. The molecule has 0 fully saturated rings. The van der Waals surface area contributed by atoms with Crippen LogP contribution < -0.4 is 5.32 Å². The Hall–Kier alpha value is -1.53. The van der Waals surface area contributed by atoms with Gasteiger partial charge in [0.05, 0.1) is 12.0 Å². The third kappa shape index (κ3) is 3.08. The number of rotatable bonds is 3. The standard InChI is InChI=1S/C7H8F3N3O/c8-7(9,10)6(14)12-2-1-5-3-11-4-13-5/h3-4H,1-2H2,(H,11,13)(H,12,14). The zero-order valence-electron chi connectivity index (χ0n) is 7.06. The molecule has 0 unspecified atom stereocenters. The molecule has 14 heavy (non-hydrogen) atoms. The van der Waals surface area contributed by atoms with Crippen LogP contribution >= 0.6 is 0 Å². The Balaban J connectivity index is 2.26. The summed E-state index contributed by atoms with van der Waals surface area (Å²) in [4.78, 5) is 16.8. The maximum absolute atomic E-state index is 11.7. The van der Waals surface area contributed by atoms with Crippen LogP contribution in [0.3, 0.4) is 0 Å². The molecule has 1 aromatic rings. The number of amides is 1. The first-order valence-electron chi connectivity index (χ1n) is 3.83. The van der Waals surface area contributed by atoms with Crippen molar-refractivity contribution < 1.29 is 18.0 Å². The second kappa shape index (κ2) is 4.12. The van der Waals surface area contributed by atoms with Gasteiger partial charge < -0.3 is 10.3 Å². The summed E-state index contributed by atoms with van der Waals surface area (Å²) in [5.41, 5.74) is 0.604. The van der Waals surface area contributed by atoms with Gasteiger partial charge in [-0.15, -0.1) is 0 Å². The molecule has 1 heterocycles. The summed E-state index contributed by atoms with van der Waals surface area (Å²) >= 11 is 0. The van der Waals surface area contributed by atoms with Crippen LogP contribution in [0.5, 0.6) is 0 Å². The summed E-state index contributed by atoms with van der Waals surface area (Å²) in [6, 6.07) is 0. The predicted octanol–water partition coefficient (Wildman–Crippen LogP) is 0.631. The summed E-state index contributed by atoms with van der Waals surface area (Å²) in [7, 11) is 0. The minimum absolute atomic E-state index is 0.0802. The van der Waals surface area contributed by atoms with Crippen LogP contribution in [0.25, 0.3) is 0 Å². The Kier molecular flexibility index (Phi) is 3.10. The molecule has 0 atom stereocenters. The smallest absolute Gasteiger partial charge is 0.351 e. The highest BCUT2D eigenvalue weighted by atomic mass is 19.4. The van der Waals surface area contributed by atoms with Crippen molar-refractivity contribution in [1.29, 1.82) is 0 Å². The zero-order chi connectivity index (χ0) is 10.6. The number of hydrogen-bond donors (Lipinski definition) is 2. The SMILES string of the molecule is O=C(NCCc1c[nH]cn1)C(F)(F)F. The van der Waals surface area contributed by atoms with Crippen molar-refractivity contribution >= 4 is 5.91 Å². The molecule has 4 nitrogen and oxygen atoms in total. The zero-order valence-corrected chi connectivity index (χ0v) is 7.06. The van der Waals surface area contributed by atoms with E-state index in [2.05, 4.69) is 9.97 Å². The summed E-state index contributed by atoms with van der Waals surface area (Å²) in [5, 5.41) is 1.74. The van der Waals surface area contributed by atoms with E-state index in [0.717, 1.165) is 0 Å². The highest BCUT2D eigenvalue weighted by Crippen LogP contribution is 2.13. The van der Waals surface area contributed by atoms with Gasteiger partial charge in [-0.25, -0.2) is 4.98 Å². The molecule has 0 bridgehead atoms. The number of hydrogen-bond acceptors (Lipinski definition) is 2. The van der Waals surface area contributed by atoms with Gasteiger partial charge in [-0.2, -0.15) is 13.2 Å². The van der Waals surface area contributed by atoms with E-state index in [1.165, 1.54) is 6.33 Å². The number of halogens is 3. The fourth-order valence-electron chi connectivity index (χ4n) is 0.832. The van der Waals surface area contributed by atoms with Crippen LogP contribution in [0.1, 0.15) is 5.69 Å². The normalized spacial score (nSPS) is 11.4. The Morgan fingerprint density at radius 1 is 1.57 bits per heavy atom. The quantitative estimate of drug-likeness (QED) is 0.763. The highest BCUT2D eigenvalue weighted by Gasteiger charge is 2.38. The average Bonchev–Trinajstić information content (AvgIpc) is 2.55. The second-order valence-electron chi connectivity index (χ2n) is 2.56. The molecule has 0 radical (unpaired) electrons. The van der Waals surface area contributed by atoms with E-state index in [1.807, 2.05) is 0 Å². The maximum Gasteiger partial charge on any atom is 0.471 e. The third-order valence-corrected chi connectivity index (χ3v) is 1.48. The largest absolute Gasteiger partial charge is 0.471 e. The van der Waals surface area contributed by atoms with Gasteiger partial charge in [-0.05, 0) is 0 Å². The first-order chi connectivity index (χ1) is 6.50. The maximum atomic E-state index is 11.7. The molecule has 7 heteroatoms. The van der Waals surface area contributed by atoms with Gasteiger partial charge in [0.2, 0.25) is 0 Å². The van der Waals surface area contributed by atoms with Crippen molar-refractivity contribution in [2.45, 2.75) is 12.6 Å². The Morgan fingerprint density at radius 3 is 2.79 bits per heavy atom. The number of carbonyl (C=O) groups is 1. The van der Waals surface area contributed by atoms with Crippen LogP contribution in [-0.4, -0.2) is 28.6 Å². The van der Waals surface area contributed by atoms with Gasteiger partial charge in [0.15, 0.2) is 0 Å². The minimum atomic E-state index is -4.81. The predicted molar refractivity (Wildman–Crippen MR) is 41.4 cm³/mol. The number of H-pyrrole nitrogens is 1. The third-order valence-electron chi connectivity index (χ3n) is 1.48. The lowest BCUT2D eigenvalue weighted by molar-refractivity contribution is -0.173. The molecule has 0 aliphatic carbocycles. The fraction of sp³-hybridized carbons (Fsp3) is 0.429. The Bertz CT molecular complexity index is 294. The molecule has 2 N–H and O–H groups in total. The second-order valence-corrected chi connectivity index (χ2v) is 2.56. The highest BCUT2D eigenvalue weighted by molar-refractivity contribution is 5.81. The summed E-state index contributed by atoms with van der Waals surface area (Å²) in [6.45, 7) is -0.0802. The van der Waals surface area contributed by atoms with Crippen molar-refractivity contribution in [3.8, 4) is 0 Å². The summed E-state index contributed by atoms with van der Waals surface area (Å²) in [6.07, 6.45) is -1.57. The van der Waals surface area contributed by atoms with E-state index in [0.29, 0.717) is 5.69 Å². The number of alkyl halides is 3. The van der Waals surface area contributed by atoms with Crippen LogP contribution in [-0.2, 0) is 11.2 Å². The van der Waals surface area contributed by atoms with Gasteiger partial charge in [0.25, 0.3) is 0 Å². The van der Waals surface area contributed by atoms with E-state index in [1.54, 1.807) is 11.5 Å². The lowest BCUT2D eigenvalue weighted by Gasteiger charge is -2.06. The first-order valence-corrected chi connectivity index (χ1v) is 3.83. The lowest BCUT2D eigenvalue weighted by atomic mass is 10.3. The molecule has 1 rings (SSSR count). The lowest BCUT2D eigenvalue weighted by Crippen LogP contribution is -2.37. The number of carbonyl (C=O) groups excluding carboxylic acids is 1. The van der Waals surface area contributed by atoms with E-state index in [9.17, 15) is 18.0 Å². The fourth-order valence-corrected chi connectivity index (χ4v) is 0.832. The summed E-state index contributed by atoms with van der Waals surface area (Å²) < 4.78 is 35.0. The molecule has 1 amide bonds. The van der Waals surface area contributed by atoms with Gasteiger partial charge in [0.1, 0.15) is 0 Å². The van der Waals surface area contributed by atoms with Crippen LogP contribution in [0, 0.1) is 0 Å². The van der Waals surface area contributed by atoms with E-state index in [-0.39, 0.29) is 13.0 Å². The van der Waals surface area contributed by atoms with Crippen molar-refractivity contribution in [3.05, 3.63) is 18.2 Å². The van der Waals surface area contributed by atoms with Crippen LogP contribution in [0.2, 0.25) is 0 Å². The van der Waals surface area contributed by atoms with Crippen LogP contribution in [0.15, 0.2) is 12.5 Å². The van der Waals surface area contributed by atoms with E-state index in [4.69, 9.17) is 0 Å². The van der Waals surface area contributed by atoms with Crippen molar-refractivity contribution in [3.63, 3.8) is 0 Å². The molecule has 0 aromatic carbocycles. The van der Waals surface area contributed by atoms with Gasteiger partial charge in [0, 0.05) is 19.2 Å². The van der Waals surface area contributed by atoms with Gasteiger partial charge >= 0.3 is 12.1 Å². The number of nitrogens with one attached hydrogen (secondary N) is 2. The number of aromatic nitrogens is 2. The molecular weight excluding hydrogens is 199 g/mol. The Labute approximate surface area is 77.5 Å². The molecule has 0 saturated carbocycles. The molecule has 0 aliphatic heterocycles. The van der Waals surface area contributed by atoms with E-state index >= 15 is 0 Å². The van der Waals surface area contributed by atoms with Crippen molar-refractivity contribution in [2.75, 3.05) is 6.54 Å². The molecule has 0 spiro atoms. The molecule has 0 aliphatic rings. The molecule has 1 aromatic heterocycles. The van der Waals surface area contributed by atoms with Crippen LogP contribution in [0.4, 0.5) is 13.2 Å². The van der Waals surface area contributed by atoms with Crippen molar-refractivity contribution in [1.82, 2.24) is 15.3 Å². The van der Waals surface area contributed by atoms with Gasteiger partial charge in [-0.1, -0.05) is 0 Å². The minimum Gasteiger partial charge on any atom is -0.351 e. The first kappa shape index (κ1) is 10.6. The topological polar surface area (TPSA) is 57.8 Å². The van der Waals surface area contributed by atoms with Crippen molar-refractivity contribution in [2.24, 2.45) is 0 Å². The van der Waals surface area contributed by atoms with E-state index < -0.39 is 12.1 Å². The molecule has 0 saturated heterocycles. The summed E-state index contributed by atoms with van der Waals surface area (Å²) in [5.74, 6) is -1.92. The van der Waals surface area contributed by atoms with Gasteiger partial charge in [-0.3, -0.25) is 4.79 Å². The number of aromatic amines is 1.